The van der Waals surface area contributed by atoms with Crippen molar-refractivity contribution >= 4 is 11.6 Å². The third-order valence-corrected chi connectivity index (χ3v) is 5.24. The Morgan fingerprint density at radius 1 is 0.914 bits per heavy atom. The number of methoxy groups -OCH3 is 2. The van der Waals surface area contributed by atoms with Crippen molar-refractivity contribution in [3.63, 3.8) is 0 Å². The number of halogens is 2. The number of rotatable bonds is 12. The van der Waals surface area contributed by atoms with E-state index in [2.05, 4.69) is 4.98 Å². The van der Waals surface area contributed by atoms with Crippen molar-refractivity contribution in [2.24, 2.45) is 0 Å². The van der Waals surface area contributed by atoms with Crippen LogP contribution in [0.3, 0.4) is 0 Å². The number of nitrogens with zero attached hydrogens (tertiary/aromatic N) is 1. The van der Waals surface area contributed by atoms with E-state index in [1.807, 2.05) is 0 Å². The molecule has 0 radical (unpaired) electrons. The maximum absolute atomic E-state index is 13.7. The van der Waals surface area contributed by atoms with Gasteiger partial charge in [0.1, 0.15) is 36.2 Å². The van der Waals surface area contributed by atoms with Gasteiger partial charge in [0, 0.05) is 29.5 Å². The van der Waals surface area contributed by atoms with Gasteiger partial charge in [0.25, 0.3) is 0 Å². The number of Topliss-reactive ketones (excluding diaryl/α,β-unsaturated/α-hetero) is 2. The van der Waals surface area contributed by atoms with Gasteiger partial charge in [-0.2, -0.15) is 0 Å². The molecule has 1 heterocycles. The maximum atomic E-state index is 13.7. The molecule has 0 saturated carbocycles. The van der Waals surface area contributed by atoms with E-state index in [4.69, 9.17) is 19.3 Å². The molecular formula is C26H25F2NO6. The molecule has 0 unspecified atom stereocenters. The number of benzene rings is 2. The van der Waals surface area contributed by atoms with E-state index in [1.54, 1.807) is 18.2 Å². The lowest BCUT2D eigenvalue weighted by atomic mass is 10.0. The first kappa shape index (κ1) is 25.8. The minimum atomic E-state index is -0.984. The van der Waals surface area contributed by atoms with Gasteiger partial charge in [0.2, 0.25) is 0 Å². The van der Waals surface area contributed by atoms with E-state index < -0.39 is 12.5 Å². The van der Waals surface area contributed by atoms with Crippen LogP contribution in [0.2, 0.25) is 0 Å². The standard InChI is InChI=1S/C26H25F2NO6/c1-33-24-10-6-20(29-26(24)17-3-5-19(28)18(13-17)15-27)22(32)8-7-21(31)16-4-9-23(35-12-11-30)25(14-16)34-2/h3-6,9-10,13-14,30H,7-8,11-12,15H2,1-2H3. The molecule has 2 aromatic carbocycles. The van der Waals surface area contributed by atoms with Crippen LogP contribution < -0.4 is 14.2 Å². The number of hydrogen-bond acceptors (Lipinski definition) is 7. The van der Waals surface area contributed by atoms with E-state index in [1.165, 1.54) is 38.5 Å². The van der Waals surface area contributed by atoms with Crippen molar-refractivity contribution in [3.05, 3.63) is 71.2 Å². The van der Waals surface area contributed by atoms with Gasteiger partial charge >= 0.3 is 0 Å². The molecule has 3 rings (SSSR count). The molecule has 35 heavy (non-hydrogen) atoms. The Kier molecular flexibility index (Phi) is 8.86. The SMILES string of the molecule is COc1cc(C(=O)CCC(=O)c2ccc(OC)c(-c3ccc(F)c(CF)c3)n2)ccc1OCCO. The average molecular weight is 485 g/mol. The van der Waals surface area contributed by atoms with Gasteiger partial charge in [0.15, 0.2) is 23.1 Å². The molecule has 9 heteroatoms. The fourth-order valence-electron chi connectivity index (χ4n) is 3.41. The number of ketones is 2. The van der Waals surface area contributed by atoms with Gasteiger partial charge in [-0.3, -0.25) is 9.59 Å². The number of ether oxygens (including phenoxy) is 3. The quantitative estimate of drug-likeness (QED) is 0.375. The first-order valence-electron chi connectivity index (χ1n) is 10.8. The highest BCUT2D eigenvalue weighted by atomic mass is 19.1. The number of pyridine rings is 1. The zero-order valence-corrected chi connectivity index (χ0v) is 19.3. The van der Waals surface area contributed by atoms with Crippen molar-refractivity contribution in [3.8, 4) is 28.5 Å². The molecule has 1 N–H and O–H groups in total. The van der Waals surface area contributed by atoms with Crippen molar-refractivity contribution in [1.29, 1.82) is 0 Å². The lowest BCUT2D eigenvalue weighted by Gasteiger charge is -2.12. The van der Waals surface area contributed by atoms with Crippen molar-refractivity contribution in [1.82, 2.24) is 4.98 Å². The van der Waals surface area contributed by atoms with Gasteiger partial charge in [-0.1, -0.05) is 0 Å². The lowest BCUT2D eigenvalue weighted by molar-refractivity contribution is 0.0914. The molecule has 184 valence electrons. The van der Waals surface area contributed by atoms with Crippen LogP contribution >= 0.6 is 0 Å². The topological polar surface area (TPSA) is 95.0 Å². The maximum Gasteiger partial charge on any atom is 0.181 e. The van der Waals surface area contributed by atoms with Crippen LogP contribution in [0.25, 0.3) is 11.3 Å². The van der Waals surface area contributed by atoms with Crippen LogP contribution in [0, 0.1) is 5.82 Å². The van der Waals surface area contributed by atoms with E-state index >= 15 is 0 Å². The molecule has 1 aromatic heterocycles. The first-order valence-corrected chi connectivity index (χ1v) is 10.8. The second-order valence-electron chi connectivity index (χ2n) is 7.47. The van der Waals surface area contributed by atoms with Crippen LogP contribution in [0.4, 0.5) is 8.78 Å². The van der Waals surface area contributed by atoms with Crippen LogP contribution in [0.15, 0.2) is 48.5 Å². The van der Waals surface area contributed by atoms with Gasteiger partial charge in [-0.25, -0.2) is 13.8 Å². The number of hydrogen-bond donors (Lipinski definition) is 1. The number of carbonyl (C=O) groups excluding carboxylic acids is 2. The predicted molar refractivity (Wildman–Crippen MR) is 124 cm³/mol. The number of aromatic nitrogens is 1. The molecule has 7 nitrogen and oxygen atoms in total. The van der Waals surface area contributed by atoms with Crippen LogP contribution in [0.1, 0.15) is 39.3 Å². The molecule has 0 amide bonds. The molecular weight excluding hydrogens is 460 g/mol. The number of aliphatic hydroxyl groups is 1. The third kappa shape index (κ3) is 6.19. The van der Waals surface area contributed by atoms with Crippen molar-refractivity contribution in [2.45, 2.75) is 19.5 Å². The Balaban J connectivity index is 1.76. The van der Waals surface area contributed by atoms with Gasteiger partial charge in [-0.05, 0) is 48.5 Å². The van der Waals surface area contributed by atoms with Crippen LogP contribution in [-0.2, 0) is 6.67 Å². The second-order valence-corrected chi connectivity index (χ2v) is 7.47. The second kappa shape index (κ2) is 12.0. The number of alkyl halides is 1. The number of aliphatic hydroxyl groups excluding tert-OH is 1. The van der Waals surface area contributed by atoms with E-state index in [0.29, 0.717) is 28.4 Å². The highest BCUT2D eigenvalue weighted by molar-refractivity contribution is 6.02. The smallest absolute Gasteiger partial charge is 0.181 e. The summed E-state index contributed by atoms with van der Waals surface area (Å²) in [4.78, 5) is 29.8. The van der Waals surface area contributed by atoms with Crippen LogP contribution in [0.5, 0.6) is 17.2 Å². The highest BCUT2D eigenvalue weighted by Crippen LogP contribution is 2.31. The zero-order chi connectivity index (χ0) is 25.4. The Morgan fingerprint density at radius 2 is 1.63 bits per heavy atom. The fraction of sp³-hybridized carbons (Fsp3) is 0.269. The molecule has 0 aliphatic heterocycles. The van der Waals surface area contributed by atoms with E-state index in [0.717, 1.165) is 6.07 Å². The minimum Gasteiger partial charge on any atom is -0.494 e. The van der Waals surface area contributed by atoms with Gasteiger partial charge in [0.05, 0.1) is 20.8 Å². The summed E-state index contributed by atoms with van der Waals surface area (Å²) in [6, 6.07) is 11.5. The predicted octanol–water partition coefficient (Wildman–Crippen LogP) is 4.59. The Hall–Kier alpha value is -3.85. The fourth-order valence-corrected chi connectivity index (χ4v) is 3.41. The molecule has 0 aliphatic carbocycles. The summed E-state index contributed by atoms with van der Waals surface area (Å²) in [5.41, 5.74) is 0.987. The molecule has 3 aromatic rings. The van der Waals surface area contributed by atoms with Crippen LogP contribution in [-0.4, -0.2) is 49.1 Å². The third-order valence-electron chi connectivity index (χ3n) is 5.24. The zero-order valence-electron chi connectivity index (χ0n) is 19.3. The Morgan fingerprint density at radius 3 is 2.31 bits per heavy atom. The summed E-state index contributed by atoms with van der Waals surface area (Å²) >= 11 is 0. The average Bonchev–Trinajstić information content (AvgIpc) is 2.90. The molecule has 0 saturated heterocycles. The normalized spacial score (nSPS) is 10.7. The Bertz CT molecular complexity index is 1210. The van der Waals surface area contributed by atoms with Crippen molar-refractivity contribution < 1.29 is 37.7 Å². The van der Waals surface area contributed by atoms with E-state index in [9.17, 15) is 18.4 Å². The summed E-state index contributed by atoms with van der Waals surface area (Å²) in [6.07, 6.45) is -0.160. The summed E-state index contributed by atoms with van der Waals surface area (Å²) < 4.78 is 42.7. The van der Waals surface area contributed by atoms with E-state index in [-0.39, 0.29) is 54.6 Å². The molecule has 0 atom stereocenters. The molecule has 0 aliphatic rings. The molecule has 0 spiro atoms. The summed E-state index contributed by atoms with van der Waals surface area (Å²) in [5, 5.41) is 8.90. The lowest BCUT2D eigenvalue weighted by Crippen LogP contribution is -2.08. The van der Waals surface area contributed by atoms with Gasteiger partial charge in [-0.15, -0.1) is 0 Å². The molecule has 0 bridgehead atoms. The summed E-state index contributed by atoms with van der Waals surface area (Å²) in [6.45, 7) is -1.06. The first-order chi connectivity index (χ1) is 16.9. The number of carbonyl (C=O) groups is 2. The molecule has 0 fully saturated rings. The van der Waals surface area contributed by atoms with Crippen molar-refractivity contribution in [2.75, 3.05) is 27.4 Å². The largest absolute Gasteiger partial charge is 0.494 e. The highest BCUT2D eigenvalue weighted by Gasteiger charge is 2.18. The monoisotopic (exact) mass is 485 g/mol. The Labute approximate surface area is 201 Å². The summed E-state index contributed by atoms with van der Waals surface area (Å²) in [7, 11) is 2.86. The minimum absolute atomic E-state index is 0.0651. The summed E-state index contributed by atoms with van der Waals surface area (Å²) in [5.74, 6) is -0.254. The van der Waals surface area contributed by atoms with Gasteiger partial charge < -0.3 is 19.3 Å².